The molecule has 1 heterocycles. The van der Waals surface area contributed by atoms with E-state index in [4.69, 9.17) is 5.73 Å². The van der Waals surface area contributed by atoms with E-state index in [9.17, 15) is 0 Å². The van der Waals surface area contributed by atoms with Gasteiger partial charge in [0, 0.05) is 18.8 Å². The van der Waals surface area contributed by atoms with Crippen molar-refractivity contribution in [3.05, 3.63) is 18.2 Å². The topological polar surface area (TPSA) is 43.8 Å². The molecule has 2 N–H and O–H groups in total. The highest BCUT2D eigenvalue weighted by Crippen LogP contribution is 2.22. The van der Waals surface area contributed by atoms with Crippen LogP contribution >= 0.6 is 0 Å². The molecule has 0 bridgehead atoms. The molecule has 0 amide bonds. The van der Waals surface area contributed by atoms with Crippen LogP contribution in [0.5, 0.6) is 0 Å². The Morgan fingerprint density at radius 3 is 2.69 bits per heavy atom. The monoisotopic (exact) mass is 181 g/mol. The van der Waals surface area contributed by atoms with Crippen molar-refractivity contribution in [2.24, 2.45) is 11.7 Å². The molecule has 3 heteroatoms. The third-order valence-corrected chi connectivity index (χ3v) is 2.50. The fourth-order valence-electron chi connectivity index (χ4n) is 1.78. The predicted octanol–water partition coefficient (Wildman–Crippen LogP) is 1.95. The van der Waals surface area contributed by atoms with Gasteiger partial charge in [-0.1, -0.05) is 20.8 Å². The molecule has 13 heavy (non-hydrogen) atoms. The van der Waals surface area contributed by atoms with Gasteiger partial charge >= 0.3 is 0 Å². The van der Waals surface area contributed by atoms with E-state index in [1.54, 1.807) is 0 Å². The van der Waals surface area contributed by atoms with Crippen LogP contribution < -0.4 is 5.73 Å². The highest BCUT2D eigenvalue weighted by atomic mass is 15.1. The lowest BCUT2D eigenvalue weighted by Gasteiger charge is -2.22. The second-order valence-corrected chi connectivity index (χ2v) is 3.72. The van der Waals surface area contributed by atoms with Gasteiger partial charge in [-0.25, -0.2) is 4.98 Å². The molecule has 1 aromatic rings. The van der Waals surface area contributed by atoms with Crippen LogP contribution in [0.3, 0.4) is 0 Å². The van der Waals surface area contributed by atoms with Crippen LogP contribution in [0, 0.1) is 5.92 Å². The largest absolute Gasteiger partial charge is 0.330 e. The second kappa shape index (κ2) is 4.42. The normalized spacial score (nSPS) is 13.6. The molecule has 0 radical (unpaired) electrons. The van der Waals surface area contributed by atoms with Crippen molar-refractivity contribution in [2.75, 3.05) is 0 Å². The highest BCUT2D eigenvalue weighted by molar-refractivity contribution is 4.99. The van der Waals surface area contributed by atoms with Crippen LogP contribution in [0.25, 0.3) is 0 Å². The van der Waals surface area contributed by atoms with Crippen LogP contribution in [-0.2, 0) is 6.54 Å². The molecule has 0 fully saturated rings. The van der Waals surface area contributed by atoms with Gasteiger partial charge in [0.15, 0.2) is 0 Å². The average molecular weight is 181 g/mol. The minimum absolute atomic E-state index is 0.529. The zero-order valence-electron chi connectivity index (χ0n) is 8.70. The summed E-state index contributed by atoms with van der Waals surface area (Å²) in [5.41, 5.74) is 6.75. The maximum absolute atomic E-state index is 5.63. The van der Waals surface area contributed by atoms with E-state index < -0.39 is 0 Å². The fourth-order valence-corrected chi connectivity index (χ4v) is 1.78. The third kappa shape index (κ3) is 2.10. The molecular weight excluding hydrogens is 162 g/mol. The Bertz CT molecular complexity index is 252. The minimum atomic E-state index is 0.529. The zero-order valence-corrected chi connectivity index (χ0v) is 8.70. The second-order valence-electron chi connectivity index (χ2n) is 3.72. The number of nitrogens with zero attached hydrogens (tertiary/aromatic N) is 2. The quantitative estimate of drug-likeness (QED) is 0.771. The first-order valence-corrected chi connectivity index (χ1v) is 4.91. The van der Waals surface area contributed by atoms with Gasteiger partial charge in [0.05, 0.1) is 12.0 Å². The molecule has 1 aromatic heterocycles. The first kappa shape index (κ1) is 10.3. The Hall–Kier alpha value is -0.830. The van der Waals surface area contributed by atoms with Crippen molar-refractivity contribution >= 4 is 0 Å². The lowest BCUT2D eigenvalue weighted by Crippen LogP contribution is -2.17. The van der Waals surface area contributed by atoms with Crippen LogP contribution in [0.15, 0.2) is 12.5 Å². The molecule has 0 saturated carbocycles. The van der Waals surface area contributed by atoms with E-state index in [1.807, 2.05) is 12.5 Å². The maximum Gasteiger partial charge on any atom is 0.0951 e. The molecule has 3 nitrogen and oxygen atoms in total. The fraction of sp³-hybridized carbons (Fsp3) is 0.700. The molecule has 0 aliphatic carbocycles. The van der Waals surface area contributed by atoms with Crippen molar-refractivity contribution in [2.45, 2.75) is 39.8 Å². The van der Waals surface area contributed by atoms with Gasteiger partial charge in [0.2, 0.25) is 0 Å². The first-order valence-electron chi connectivity index (χ1n) is 4.91. The summed E-state index contributed by atoms with van der Waals surface area (Å²) in [5, 5.41) is 0. The summed E-state index contributed by atoms with van der Waals surface area (Å²) >= 11 is 0. The van der Waals surface area contributed by atoms with Crippen LogP contribution in [0.1, 0.15) is 38.9 Å². The van der Waals surface area contributed by atoms with Gasteiger partial charge in [0.25, 0.3) is 0 Å². The van der Waals surface area contributed by atoms with Gasteiger partial charge < -0.3 is 10.3 Å². The summed E-state index contributed by atoms with van der Waals surface area (Å²) < 4.78 is 2.20. The number of hydrogen-bond donors (Lipinski definition) is 1. The van der Waals surface area contributed by atoms with E-state index in [2.05, 4.69) is 30.3 Å². The van der Waals surface area contributed by atoms with Crippen LogP contribution in [-0.4, -0.2) is 9.55 Å². The van der Waals surface area contributed by atoms with Crippen molar-refractivity contribution in [3.8, 4) is 0 Å². The number of rotatable bonds is 4. The van der Waals surface area contributed by atoms with E-state index >= 15 is 0 Å². The number of imidazole rings is 1. The highest BCUT2D eigenvalue weighted by Gasteiger charge is 2.14. The summed E-state index contributed by atoms with van der Waals surface area (Å²) in [6, 6.07) is 0.529. The van der Waals surface area contributed by atoms with Crippen molar-refractivity contribution in [1.82, 2.24) is 9.55 Å². The molecule has 0 spiro atoms. The molecule has 0 aliphatic rings. The molecule has 0 aliphatic heterocycles. The molecule has 74 valence electrons. The molecule has 0 saturated heterocycles. The number of hydrogen-bond acceptors (Lipinski definition) is 2. The molecule has 1 rings (SSSR count). The standard InChI is InChI=1S/C10H19N3/c1-4-10(8(2)3)13-7-12-6-9(13)5-11/h6-8,10H,4-5,11H2,1-3H3. The summed E-state index contributed by atoms with van der Waals surface area (Å²) in [5.74, 6) is 0.629. The summed E-state index contributed by atoms with van der Waals surface area (Å²) in [6.45, 7) is 7.23. The summed E-state index contributed by atoms with van der Waals surface area (Å²) in [6.07, 6.45) is 4.86. The van der Waals surface area contributed by atoms with E-state index in [0.29, 0.717) is 18.5 Å². The number of nitrogens with two attached hydrogens (primary N) is 1. The van der Waals surface area contributed by atoms with Gasteiger partial charge in [-0.3, -0.25) is 0 Å². The summed E-state index contributed by atoms with van der Waals surface area (Å²) in [7, 11) is 0. The smallest absolute Gasteiger partial charge is 0.0951 e. The maximum atomic E-state index is 5.63. The van der Waals surface area contributed by atoms with E-state index in [0.717, 1.165) is 12.1 Å². The lowest BCUT2D eigenvalue weighted by molar-refractivity contribution is 0.357. The van der Waals surface area contributed by atoms with Crippen molar-refractivity contribution in [3.63, 3.8) is 0 Å². The minimum Gasteiger partial charge on any atom is -0.330 e. The van der Waals surface area contributed by atoms with Gasteiger partial charge in [0.1, 0.15) is 0 Å². The van der Waals surface area contributed by atoms with Gasteiger partial charge in [-0.2, -0.15) is 0 Å². The first-order chi connectivity index (χ1) is 6.20. The Labute approximate surface area is 80.0 Å². The van der Waals surface area contributed by atoms with Gasteiger partial charge in [-0.05, 0) is 12.3 Å². The Morgan fingerprint density at radius 1 is 1.54 bits per heavy atom. The van der Waals surface area contributed by atoms with Crippen LogP contribution in [0.4, 0.5) is 0 Å². The van der Waals surface area contributed by atoms with E-state index in [1.165, 1.54) is 0 Å². The predicted molar refractivity (Wildman–Crippen MR) is 54.3 cm³/mol. The molecule has 0 aromatic carbocycles. The van der Waals surface area contributed by atoms with Gasteiger partial charge in [-0.15, -0.1) is 0 Å². The Kier molecular flexibility index (Phi) is 3.48. The Balaban J connectivity index is 2.90. The SMILES string of the molecule is CCC(C(C)C)n1cncc1CN. The molecular formula is C10H19N3. The third-order valence-electron chi connectivity index (χ3n) is 2.50. The average Bonchev–Trinajstić information content (AvgIpc) is 2.53. The van der Waals surface area contributed by atoms with E-state index in [-0.39, 0.29) is 0 Å². The lowest BCUT2D eigenvalue weighted by atomic mass is 10.0. The zero-order chi connectivity index (χ0) is 9.84. The van der Waals surface area contributed by atoms with Crippen LogP contribution in [0.2, 0.25) is 0 Å². The number of aromatic nitrogens is 2. The van der Waals surface area contributed by atoms with Crippen molar-refractivity contribution < 1.29 is 0 Å². The Morgan fingerprint density at radius 2 is 2.23 bits per heavy atom. The summed E-state index contributed by atoms with van der Waals surface area (Å²) in [4.78, 5) is 4.13. The molecule has 1 atom stereocenters. The van der Waals surface area contributed by atoms with Crippen molar-refractivity contribution in [1.29, 1.82) is 0 Å². The molecule has 1 unspecified atom stereocenters.